The maximum Gasteiger partial charge on any atom is 0.274 e. The molecule has 2 aromatic rings. The monoisotopic (exact) mass is 359 g/mol. The Morgan fingerprint density at radius 2 is 2.04 bits per heavy atom. The molecule has 1 atom stereocenters. The van der Waals surface area contributed by atoms with Gasteiger partial charge in [0, 0.05) is 43.6 Å². The SMILES string of the molecule is Cc1cc(C)n2nc(C(=O)N3CC[C@@](O)(CN4CCOCC4)C3)cc2n1. The Balaban J connectivity index is 1.48. The minimum absolute atomic E-state index is 0.148. The van der Waals surface area contributed by atoms with Crippen molar-refractivity contribution in [2.24, 2.45) is 0 Å². The second kappa shape index (κ2) is 6.61. The molecule has 0 unspecified atom stereocenters. The molecule has 2 saturated heterocycles. The first kappa shape index (κ1) is 17.4. The molecule has 140 valence electrons. The van der Waals surface area contributed by atoms with E-state index in [9.17, 15) is 9.90 Å². The predicted octanol–water partition coefficient (Wildman–Crippen LogP) is 0.255. The van der Waals surface area contributed by atoms with Gasteiger partial charge < -0.3 is 14.7 Å². The van der Waals surface area contributed by atoms with Crippen LogP contribution in [0.3, 0.4) is 0 Å². The summed E-state index contributed by atoms with van der Waals surface area (Å²) in [5.41, 5.74) is 2.03. The van der Waals surface area contributed by atoms with Crippen LogP contribution in [0, 0.1) is 13.8 Å². The second-order valence-corrected chi connectivity index (χ2v) is 7.43. The number of fused-ring (bicyclic) bond motifs is 1. The van der Waals surface area contributed by atoms with Gasteiger partial charge in [0.2, 0.25) is 0 Å². The zero-order chi connectivity index (χ0) is 18.3. The first-order chi connectivity index (χ1) is 12.4. The third kappa shape index (κ3) is 3.32. The van der Waals surface area contributed by atoms with Gasteiger partial charge in [-0.25, -0.2) is 9.50 Å². The summed E-state index contributed by atoms with van der Waals surface area (Å²) >= 11 is 0. The number of aryl methyl sites for hydroxylation is 2. The molecule has 26 heavy (non-hydrogen) atoms. The molecular formula is C18H25N5O3. The Bertz CT molecular complexity index is 830. The van der Waals surface area contributed by atoms with Crippen molar-refractivity contribution >= 4 is 11.6 Å². The number of nitrogens with zero attached hydrogens (tertiary/aromatic N) is 5. The summed E-state index contributed by atoms with van der Waals surface area (Å²) in [7, 11) is 0. The van der Waals surface area contributed by atoms with Crippen LogP contribution in [0.5, 0.6) is 0 Å². The quantitative estimate of drug-likeness (QED) is 0.846. The summed E-state index contributed by atoms with van der Waals surface area (Å²) in [6, 6.07) is 3.66. The minimum Gasteiger partial charge on any atom is -0.387 e. The fourth-order valence-electron chi connectivity index (χ4n) is 3.89. The Morgan fingerprint density at radius 3 is 2.81 bits per heavy atom. The summed E-state index contributed by atoms with van der Waals surface area (Å²) in [5.74, 6) is -0.148. The molecule has 8 heteroatoms. The molecule has 0 bridgehead atoms. The van der Waals surface area contributed by atoms with Gasteiger partial charge in [-0.1, -0.05) is 0 Å². The molecule has 1 amide bonds. The molecule has 2 aliphatic heterocycles. The highest BCUT2D eigenvalue weighted by Crippen LogP contribution is 2.24. The molecule has 2 aliphatic rings. The molecular weight excluding hydrogens is 334 g/mol. The third-order valence-corrected chi connectivity index (χ3v) is 5.19. The van der Waals surface area contributed by atoms with Crippen molar-refractivity contribution in [1.82, 2.24) is 24.4 Å². The van der Waals surface area contributed by atoms with Gasteiger partial charge >= 0.3 is 0 Å². The summed E-state index contributed by atoms with van der Waals surface area (Å²) < 4.78 is 7.05. The van der Waals surface area contributed by atoms with Crippen LogP contribution >= 0.6 is 0 Å². The van der Waals surface area contributed by atoms with E-state index in [0.29, 0.717) is 50.6 Å². The van der Waals surface area contributed by atoms with E-state index in [1.165, 1.54) is 0 Å². The molecule has 2 aromatic heterocycles. The van der Waals surface area contributed by atoms with E-state index in [1.807, 2.05) is 19.9 Å². The van der Waals surface area contributed by atoms with Crippen LogP contribution in [0.25, 0.3) is 5.65 Å². The van der Waals surface area contributed by atoms with Crippen LogP contribution in [0.4, 0.5) is 0 Å². The van der Waals surface area contributed by atoms with Gasteiger partial charge in [0.05, 0.1) is 25.4 Å². The van der Waals surface area contributed by atoms with Crippen LogP contribution in [0.15, 0.2) is 12.1 Å². The van der Waals surface area contributed by atoms with E-state index in [-0.39, 0.29) is 5.91 Å². The van der Waals surface area contributed by atoms with Crippen LogP contribution in [-0.4, -0.2) is 87.0 Å². The van der Waals surface area contributed by atoms with Crippen molar-refractivity contribution in [2.75, 3.05) is 45.9 Å². The molecule has 0 aliphatic carbocycles. The normalized spacial score (nSPS) is 24.5. The minimum atomic E-state index is -0.864. The fourth-order valence-corrected chi connectivity index (χ4v) is 3.89. The van der Waals surface area contributed by atoms with Gasteiger partial charge in [-0.05, 0) is 26.3 Å². The highest BCUT2D eigenvalue weighted by Gasteiger charge is 2.40. The van der Waals surface area contributed by atoms with Crippen molar-refractivity contribution in [3.8, 4) is 0 Å². The van der Waals surface area contributed by atoms with E-state index in [4.69, 9.17) is 4.74 Å². The lowest BCUT2D eigenvalue weighted by Crippen LogP contribution is -2.49. The number of carbonyl (C=O) groups excluding carboxylic acids is 1. The molecule has 4 heterocycles. The smallest absolute Gasteiger partial charge is 0.274 e. The van der Waals surface area contributed by atoms with Crippen LogP contribution in [0.1, 0.15) is 28.3 Å². The second-order valence-electron chi connectivity index (χ2n) is 7.43. The zero-order valence-corrected chi connectivity index (χ0v) is 15.3. The Kier molecular flexibility index (Phi) is 4.42. The van der Waals surface area contributed by atoms with Gasteiger partial charge in [-0.15, -0.1) is 0 Å². The van der Waals surface area contributed by atoms with Crippen molar-refractivity contribution in [1.29, 1.82) is 0 Å². The number of hydrogen-bond donors (Lipinski definition) is 1. The van der Waals surface area contributed by atoms with E-state index >= 15 is 0 Å². The molecule has 8 nitrogen and oxygen atoms in total. The van der Waals surface area contributed by atoms with Gasteiger partial charge in [-0.3, -0.25) is 9.69 Å². The summed E-state index contributed by atoms with van der Waals surface area (Å²) in [6.07, 6.45) is 0.583. The summed E-state index contributed by atoms with van der Waals surface area (Å²) in [4.78, 5) is 21.2. The molecule has 0 radical (unpaired) electrons. The van der Waals surface area contributed by atoms with E-state index in [1.54, 1.807) is 15.5 Å². The van der Waals surface area contributed by atoms with Crippen LogP contribution < -0.4 is 0 Å². The third-order valence-electron chi connectivity index (χ3n) is 5.19. The summed E-state index contributed by atoms with van der Waals surface area (Å²) in [5, 5.41) is 15.3. The Hall–Kier alpha value is -2.03. The average molecular weight is 359 g/mol. The molecule has 4 rings (SSSR count). The number of aromatic nitrogens is 3. The number of ether oxygens (including phenoxy) is 1. The molecule has 2 fully saturated rings. The number of rotatable bonds is 3. The van der Waals surface area contributed by atoms with Gasteiger partial charge in [0.25, 0.3) is 5.91 Å². The van der Waals surface area contributed by atoms with E-state index in [0.717, 1.165) is 24.5 Å². The number of hydrogen-bond acceptors (Lipinski definition) is 6. The summed E-state index contributed by atoms with van der Waals surface area (Å²) in [6.45, 7) is 8.37. The van der Waals surface area contributed by atoms with Crippen LogP contribution in [0.2, 0.25) is 0 Å². The van der Waals surface area contributed by atoms with Crippen molar-refractivity contribution in [3.05, 3.63) is 29.2 Å². The first-order valence-electron chi connectivity index (χ1n) is 9.09. The van der Waals surface area contributed by atoms with E-state index in [2.05, 4.69) is 15.0 Å². The number of amides is 1. The fraction of sp³-hybridized carbons (Fsp3) is 0.611. The number of carbonyl (C=O) groups is 1. The predicted molar refractivity (Wildman–Crippen MR) is 95.2 cm³/mol. The van der Waals surface area contributed by atoms with Crippen molar-refractivity contribution < 1.29 is 14.6 Å². The first-order valence-corrected chi connectivity index (χ1v) is 9.09. The lowest BCUT2D eigenvalue weighted by atomic mass is 10.0. The molecule has 0 aromatic carbocycles. The van der Waals surface area contributed by atoms with Gasteiger partial charge in [-0.2, -0.15) is 5.10 Å². The number of morpholine rings is 1. The average Bonchev–Trinajstić information content (AvgIpc) is 3.19. The van der Waals surface area contributed by atoms with Gasteiger partial charge in [0.15, 0.2) is 11.3 Å². The molecule has 0 saturated carbocycles. The lowest BCUT2D eigenvalue weighted by Gasteiger charge is -2.33. The molecule has 1 N–H and O–H groups in total. The van der Waals surface area contributed by atoms with Crippen molar-refractivity contribution in [2.45, 2.75) is 25.9 Å². The number of aliphatic hydroxyl groups is 1. The van der Waals surface area contributed by atoms with E-state index < -0.39 is 5.60 Å². The Morgan fingerprint density at radius 1 is 1.27 bits per heavy atom. The topological polar surface area (TPSA) is 83.2 Å². The van der Waals surface area contributed by atoms with Crippen LogP contribution in [-0.2, 0) is 4.74 Å². The number of β-amino-alcohol motifs (C(OH)–C–C–N with tert-alkyl or cyclic N) is 1. The lowest BCUT2D eigenvalue weighted by molar-refractivity contribution is -0.0257. The standard InChI is InChI=1S/C18H25N5O3/c1-13-9-14(2)23-16(19-13)10-15(20-23)17(24)22-4-3-18(25,12-22)11-21-5-7-26-8-6-21/h9-10,25H,3-8,11-12H2,1-2H3/t18-/m1/s1. The Labute approximate surface area is 152 Å². The van der Waals surface area contributed by atoms with Gasteiger partial charge in [0.1, 0.15) is 0 Å². The largest absolute Gasteiger partial charge is 0.387 e. The zero-order valence-electron chi connectivity index (χ0n) is 15.3. The maximum absolute atomic E-state index is 12.9. The van der Waals surface area contributed by atoms with Crippen molar-refractivity contribution in [3.63, 3.8) is 0 Å². The highest BCUT2D eigenvalue weighted by atomic mass is 16.5. The molecule has 0 spiro atoms. The number of likely N-dealkylation sites (tertiary alicyclic amines) is 1. The maximum atomic E-state index is 12.9. The highest BCUT2D eigenvalue weighted by molar-refractivity contribution is 5.93.